The molecular formula is C17H16Cl2N2S. The number of benzene rings is 2. The van der Waals surface area contributed by atoms with Gasteiger partial charge in [-0.05, 0) is 53.9 Å². The summed E-state index contributed by atoms with van der Waals surface area (Å²) in [5.74, 6) is 0. The van der Waals surface area contributed by atoms with Gasteiger partial charge in [0.25, 0.3) is 0 Å². The van der Waals surface area contributed by atoms with E-state index in [0.717, 1.165) is 18.4 Å². The molecule has 0 aliphatic heterocycles. The highest BCUT2D eigenvalue weighted by Gasteiger charge is 2.21. The van der Waals surface area contributed by atoms with Gasteiger partial charge in [-0.25, -0.2) is 0 Å². The molecule has 2 nitrogen and oxygen atoms in total. The van der Waals surface area contributed by atoms with Gasteiger partial charge in [-0.2, -0.15) is 0 Å². The minimum Gasteiger partial charge on any atom is -0.359 e. The van der Waals surface area contributed by atoms with Crippen LogP contribution in [0.4, 0.5) is 0 Å². The summed E-state index contributed by atoms with van der Waals surface area (Å²) in [7, 11) is 0. The van der Waals surface area contributed by atoms with E-state index < -0.39 is 0 Å². The molecule has 0 amide bonds. The summed E-state index contributed by atoms with van der Waals surface area (Å²) in [6, 6.07) is 14.5. The van der Waals surface area contributed by atoms with Crippen LogP contribution in [-0.4, -0.2) is 11.2 Å². The van der Waals surface area contributed by atoms with Crippen molar-refractivity contribution in [3.05, 3.63) is 69.2 Å². The second kappa shape index (κ2) is 6.86. The molecule has 0 radical (unpaired) electrons. The maximum absolute atomic E-state index is 6.01. The van der Waals surface area contributed by atoms with Crippen LogP contribution in [0.25, 0.3) is 0 Å². The van der Waals surface area contributed by atoms with E-state index >= 15 is 0 Å². The highest BCUT2D eigenvalue weighted by atomic mass is 35.5. The molecule has 5 heteroatoms. The zero-order valence-corrected chi connectivity index (χ0v) is 14.2. The average Bonchev–Trinajstić information content (AvgIpc) is 2.90. The maximum Gasteiger partial charge on any atom is 0.166 e. The maximum atomic E-state index is 6.01. The van der Waals surface area contributed by atoms with Crippen LogP contribution >= 0.6 is 35.4 Å². The number of rotatable bonds is 3. The molecule has 1 aliphatic rings. The Hall–Kier alpha value is -1.29. The van der Waals surface area contributed by atoms with Crippen molar-refractivity contribution in [2.24, 2.45) is 0 Å². The Bertz CT molecular complexity index is 678. The van der Waals surface area contributed by atoms with Crippen LogP contribution in [0, 0.1) is 0 Å². The Morgan fingerprint density at radius 1 is 1.05 bits per heavy atom. The first-order valence-corrected chi connectivity index (χ1v) is 8.33. The van der Waals surface area contributed by atoms with Gasteiger partial charge in [0, 0.05) is 12.6 Å². The fourth-order valence-electron chi connectivity index (χ4n) is 2.73. The van der Waals surface area contributed by atoms with Gasteiger partial charge in [0.15, 0.2) is 5.11 Å². The van der Waals surface area contributed by atoms with Crippen LogP contribution in [0.1, 0.15) is 16.7 Å². The normalized spacial score (nSPS) is 13.7. The van der Waals surface area contributed by atoms with Crippen molar-refractivity contribution in [1.82, 2.24) is 10.6 Å². The van der Waals surface area contributed by atoms with Gasteiger partial charge in [0.05, 0.1) is 10.0 Å². The standard InChI is InChI=1S/C17H16Cl2N2S/c18-15-6-5-11(7-16(15)19)10-20-17(22)21-14-8-12-3-1-2-4-13(12)9-14/h1-7,14H,8-10H2,(H2,20,21,22). The van der Waals surface area contributed by atoms with Crippen molar-refractivity contribution in [2.75, 3.05) is 0 Å². The highest BCUT2D eigenvalue weighted by Crippen LogP contribution is 2.23. The summed E-state index contributed by atoms with van der Waals surface area (Å²) in [4.78, 5) is 0. The van der Waals surface area contributed by atoms with Gasteiger partial charge in [0.2, 0.25) is 0 Å². The molecule has 0 heterocycles. The van der Waals surface area contributed by atoms with E-state index in [0.29, 0.717) is 27.7 Å². The molecule has 22 heavy (non-hydrogen) atoms. The largest absolute Gasteiger partial charge is 0.359 e. The number of hydrogen-bond donors (Lipinski definition) is 2. The van der Waals surface area contributed by atoms with E-state index in [1.807, 2.05) is 12.1 Å². The number of thiocarbonyl (C=S) groups is 1. The Balaban J connectivity index is 1.50. The van der Waals surface area contributed by atoms with Gasteiger partial charge in [-0.1, -0.05) is 53.5 Å². The minimum absolute atomic E-state index is 0.367. The summed E-state index contributed by atoms with van der Waals surface area (Å²) in [5, 5.41) is 8.40. The molecule has 0 atom stereocenters. The summed E-state index contributed by atoms with van der Waals surface area (Å²) in [6.45, 7) is 0.627. The lowest BCUT2D eigenvalue weighted by Crippen LogP contribution is -2.42. The van der Waals surface area contributed by atoms with Crippen LogP contribution < -0.4 is 10.6 Å². The van der Waals surface area contributed by atoms with Gasteiger partial charge in [0.1, 0.15) is 0 Å². The predicted octanol–water partition coefficient (Wildman–Crippen LogP) is 4.12. The predicted molar refractivity (Wildman–Crippen MR) is 96.7 cm³/mol. The van der Waals surface area contributed by atoms with Crippen molar-refractivity contribution in [2.45, 2.75) is 25.4 Å². The molecule has 0 fully saturated rings. The third kappa shape index (κ3) is 3.72. The Kier molecular flexibility index (Phi) is 4.87. The first-order chi connectivity index (χ1) is 10.6. The van der Waals surface area contributed by atoms with Gasteiger partial charge >= 0.3 is 0 Å². The molecule has 2 aromatic carbocycles. The smallest absolute Gasteiger partial charge is 0.166 e. The summed E-state index contributed by atoms with van der Waals surface area (Å²) < 4.78 is 0. The van der Waals surface area contributed by atoms with E-state index in [9.17, 15) is 0 Å². The van der Waals surface area contributed by atoms with Crippen LogP contribution in [0.5, 0.6) is 0 Å². The Morgan fingerprint density at radius 3 is 2.36 bits per heavy atom. The Morgan fingerprint density at radius 2 is 1.73 bits per heavy atom. The number of fused-ring (bicyclic) bond motifs is 1. The molecule has 0 aromatic heterocycles. The van der Waals surface area contributed by atoms with Gasteiger partial charge in [-0.15, -0.1) is 0 Å². The van der Waals surface area contributed by atoms with Crippen LogP contribution in [0.3, 0.4) is 0 Å². The third-order valence-corrected chi connectivity index (χ3v) is 4.82. The quantitative estimate of drug-likeness (QED) is 0.814. The van der Waals surface area contributed by atoms with E-state index in [2.05, 4.69) is 34.9 Å². The molecule has 0 unspecified atom stereocenters. The lowest BCUT2D eigenvalue weighted by Gasteiger charge is -2.16. The molecule has 0 saturated heterocycles. The molecule has 0 spiro atoms. The fourth-order valence-corrected chi connectivity index (χ4v) is 3.29. The van der Waals surface area contributed by atoms with Crippen LogP contribution in [0.15, 0.2) is 42.5 Å². The molecule has 0 bridgehead atoms. The van der Waals surface area contributed by atoms with Gasteiger partial charge < -0.3 is 10.6 Å². The molecule has 2 N–H and O–H groups in total. The van der Waals surface area contributed by atoms with E-state index in [1.54, 1.807) is 6.07 Å². The van der Waals surface area contributed by atoms with E-state index in [1.165, 1.54) is 11.1 Å². The van der Waals surface area contributed by atoms with Crippen molar-refractivity contribution >= 4 is 40.5 Å². The second-order valence-corrected chi connectivity index (χ2v) is 6.67. The monoisotopic (exact) mass is 350 g/mol. The van der Waals surface area contributed by atoms with Crippen molar-refractivity contribution < 1.29 is 0 Å². The highest BCUT2D eigenvalue weighted by molar-refractivity contribution is 7.80. The van der Waals surface area contributed by atoms with E-state index in [4.69, 9.17) is 35.4 Å². The van der Waals surface area contributed by atoms with Crippen LogP contribution in [-0.2, 0) is 19.4 Å². The number of hydrogen-bond acceptors (Lipinski definition) is 1. The molecule has 1 aliphatic carbocycles. The number of nitrogens with one attached hydrogen (secondary N) is 2. The second-order valence-electron chi connectivity index (χ2n) is 5.45. The summed E-state index contributed by atoms with van der Waals surface area (Å²) >= 11 is 17.3. The molecule has 3 rings (SSSR count). The van der Waals surface area contributed by atoms with Crippen molar-refractivity contribution in [3.63, 3.8) is 0 Å². The first kappa shape index (κ1) is 15.6. The lowest BCUT2D eigenvalue weighted by molar-refractivity contribution is 0.633. The number of halogens is 2. The average molecular weight is 351 g/mol. The van der Waals surface area contributed by atoms with Crippen molar-refractivity contribution in [3.8, 4) is 0 Å². The molecular weight excluding hydrogens is 335 g/mol. The Labute approximate surface area is 145 Å². The summed E-state index contributed by atoms with van der Waals surface area (Å²) in [6.07, 6.45) is 2.04. The minimum atomic E-state index is 0.367. The van der Waals surface area contributed by atoms with E-state index in [-0.39, 0.29) is 0 Å². The fraction of sp³-hybridized carbons (Fsp3) is 0.235. The SMILES string of the molecule is S=C(NCc1ccc(Cl)c(Cl)c1)NC1Cc2ccccc2C1. The zero-order valence-electron chi connectivity index (χ0n) is 11.9. The first-order valence-electron chi connectivity index (χ1n) is 7.17. The lowest BCUT2D eigenvalue weighted by atomic mass is 10.1. The third-order valence-electron chi connectivity index (χ3n) is 3.82. The molecule has 2 aromatic rings. The van der Waals surface area contributed by atoms with Crippen LogP contribution in [0.2, 0.25) is 10.0 Å². The topological polar surface area (TPSA) is 24.1 Å². The van der Waals surface area contributed by atoms with Gasteiger partial charge in [-0.3, -0.25) is 0 Å². The van der Waals surface area contributed by atoms with Crippen molar-refractivity contribution in [1.29, 1.82) is 0 Å². The summed E-state index contributed by atoms with van der Waals surface area (Å²) in [5.41, 5.74) is 3.87. The molecule has 0 saturated carbocycles. The molecule has 114 valence electrons. The zero-order chi connectivity index (χ0) is 15.5.